The Morgan fingerprint density at radius 2 is 2.03 bits per heavy atom. The van der Waals surface area contributed by atoms with Crippen LogP contribution in [0.3, 0.4) is 0 Å². The van der Waals surface area contributed by atoms with Crippen molar-refractivity contribution in [3.05, 3.63) is 0 Å². The number of piperidine rings is 1. The minimum atomic E-state index is -0.0675. The minimum absolute atomic E-state index is 0.0142. The molecule has 3 heterocycles. The van der Waals surface area contributed by atoms with Crippen LogP contribution in [0.5, 0.6) is 0 Å². The Bertz CT molecular complexity index is 699. The van der Waals surface area contributed by atoms with Crippen molar-refractivity contribution in [1.29, 1.82) is 5.26 Å². The normalized spacial score (nSPS) is 45.8. The topological polar surface area (TPSA) is 89.4 Å². The van der Waals surface area contributed by atoms with Gasteiger partial charge in [0.1, 0.15) is 5.50 Å². The van der Waals surface area contributed by atoms with E-state index >= 15 is 0 Å². The summed E-state index contributed by atoms with van der Waals surface area (Å²) in [6.45, 7) is 5.18. The van der Waals surface area contributed by atoms with Gasteiger partial charge in [0.15, 0.2) is 0 Å². The number of ether oxygens (including phenoxy) is 1. The van der Waals surface area contributed by atoms with Crippen LogP contribution in [0.15, 0.2) is 0 Å². The first kappa shape index (κ1) is 22.0. The number of rotatable bonds is 5. The standard InChI is InChI=1S/C23H37N5O2S/c1-13-7-16(17-8-14(9-24)3-6-20(17)30-2)18(10-25-13)22(29)27-23-26-19-11-28(15-4-5-15)12-21(19)31-23/h13-21,23,25-26H,3-8,10-12H2,1-2H3,(H,27,29). The molecule has 8 heteroatoms. The van der Waals surface area contributed by atoms with E-state index in [-0.39, 0.29) is 41.2 Å². The number of likely N-dealkylation sites (tertiary alicyclic amines) is 1. The van der Waals surface area contributed by atoms with Crippen LogP contribution in [-0.2, 0) is 9.53 Å². The van der Waals surface area contributed by atoms with Crippen molar-refractivity contribution >= 4 is 17.7 Å². The Morgan fingerprint density at radius 3 is 2.74 bits per heavy atom. The van der Waals surface area contributed by atoms with Crippen molar-refractivity contribution < 1.29 is 9.53 Å². The molecule has 7 nitrogen and oxygen atoms in total. The lowest BCUT2D eigenvalue weighted by atomic mass is 9.66. The van der Waals surface area contributed by atoms with Crippen LogP contribution in [0.1, 0.15) is 45.4 Å². The molecule has 0 aromatic heterocycles. The van der Waals surface area contributed by atoms with Crippen LogP contribution in [0.2, 0.25) is 0 Å². The summed E-state index contributed by atoms with van der Waals surface area (Å²) in [6.07, 6.45) is 6.52. The van der Waals surface area contributed by atoms with E-state index in [9.17, 15) is 10.1 Å². The SMILES string of the molecule is COC1CCC(C#N)CC1C1CC(C)NCC1C(=O)NC1NC2CN(C3CC3)CC2S1. The van der Waals surface area contributed by atoms with Gasteiger partial charge in [0, 0.05) is 56.0 Å². The summed E-state index contributed by atoms with van der Waals surface area (Å²) < 4.78 is 5.85. The Balaban J connectivity index is 1.22. The fourth-order valence-corrected chi connectivity index (χ4v) is 7.91. The third kappa shape index (κ3) is 4.63. The van der Waals surface area contributed by atoms with Crippen molar-refractivity contribution in [2.45, 2.75) is 80.4 Å². The van der Waals surface area contributed by atoms with E-state index in [0.29, 0.717) is 23.9 Å². The zero-order valence-corrected chi connectivity index (χ0v) is 19.6. The molecule has 31 heavy (non-hydrogen) atoms. The van der Waals surface area contributed by atoms with E-state index < -0.39 is 0 Å². The summed E-state index contributed by atoms with van der Waals surface area (Å²) in [6, 6.07) is 4.18. The van der Waals surface area contributed by atoms with Crippen LogP contribution in [0.25, 0.3) is 0 Å². The van der Waals surface area contributed by atoms with Gasteiger partial charge in [0.05, 0.1) is 18.1 Å². The van der Waals surface area contributed by atoms with Crippen molar-refractivity contribution in [3.8, 4) is 6.07 Å². The smallest absolute Gasteiger partial charge is 0.226 e. The second kappa shape index (κ2) is 9.18. The van der Waals surface area contributed by atoms with Crippen molar-refractivity contribution in [3.63, 3.8) is 0 Å². The number of amides is 1. The molecule has 5 aliphatic rings. The average molecular weight is 448 g/mol. The van der Waals surface area contributed by atoms with Crippen molar-refractivity contribution in [2.75, 3.05) is 26.7 Å². The van der Waals surface area contributed by atoms with Crippen LogP contribution >= 0.6 is 11.8 Å². The van der Waals surface area contributed by atoms with Gasteiger partial charge >= 0.3 is 0 Å². The maximum atomic E-state index is 13.4. The van der Waals surface area contributed by atoms with Gasteiger partial charge < -0.3 is 15.4 Å². The van der Waals surface area contributed by atoms with E-state index in [4.69, 9.17) is 4.74 Å². The number of nitrogens with one attached hydrogen (secondary N) is 3. The number of fused-ring (bicyclic) bond motifs is 1. The average Bonchev–Trinajstić information content (AvgIpc) is 3.45. The maximum absolute atomic E-state index is 13.4. The third-order valence-electron chi connectivity index (χ3n) is 8.34. The molecule has 2 aliphatic carbocycles. The summed E-state index contributed by atoms with van der Waals surface area (Å²) in [5.41, 5.74) is 0.0142. The first-order valence-electron chi connectivity index (χ1n) is 12.2. The lowest BCUT2D eigenvalue weighted by molar-refractivity contribution is -0.131. The van der Waals surface area contributed by atoms with Gasteiger partial charge in [-0.2, -0.15) is 5.26 Å². The van der Waals surface area contributed by atoms with Gasteiger partial charge in [0.2, 0.25) is 5.91 Å². The van der Waals surface area contributed by atoms with E-state index in [2.05, 4.69) is 33.8 Å². The van der Waals surface area contributed by atoms with E-state index in [1.807, 2.05) is 11.8 Å². The van der Waals surface area contributed by atoms with Crippen LogP contribution in [0.4, 0.5) is 0 Å². The van der Waals surface area contributed by atoms with Gasteiger partial charge in [-0.1, -0.05) is 0 Å². The Morgan fingerprint density at radius 1 is 1.19 bits per heavy atom. The molecule has 0 aromatic carbocycles. The van der Waals surface area contributed by atoms with Crippen LogP contribution < -0.4 is 16.0 Å². The summed E-state index contributed by atoms with van der Waals surface area (Å²) in [7, 11) is 1.78. The molecule has 0 spiro atoms. The Labute approximate surface area is 190 Å². The number of carbonyl (C=O) groups excluding carboxylic acids is 1. The molecule has 3 aliphatic heterocycles. The zero-order valence-electron chi connectivity index (χ0n) is 18.8. The summed E-state index contributed by atoms with van der Waals surface area (Å²) in [5, 5.41) is 20.6. The van der Waals surface area contributed by atoms with E-state index in [1.54, 1.807) is 7.11 Å². The number of carbonyl (C=O) groups is 1. The van der Waals surface area contributed by atoms with E-state index in [0.717, 1.165) is 44.8 Å². The molecule has 5 fully saturated rings. The molecule has 0 aromatic rings. The predicted molar refractivity (Wildman–Crippen MR) is 121 cm³/mol. The quantitative estimate of drug-likeness (QED) is 0.589. The number of methoxy groups -OCH3 is 1. The van der Waals surface area contributed by atoms with Crippen LogP contribution in [-0.4, -0.2) is 72.5 Å². The summed E-state index contributed by atoms with van der Waals surface area (Å²) >= 11 is 1.90. The molecule has 172 valence electrons. The van der Waals surface area contributed by atoms with Gasteiger partial charge in [-0.3, -0.25) is 15.0 Å². The first-order chi connectivity index (χ1) is 15.1. The van der Waals surface area contributed by atoms with Crippen molar-refractivity contribution in [1.82, 2.24) is 20.9 Å². The molecule has 0 bridgehead atoms. The number of thioether (sulfide) groups is 1. The number of nitriles is 1. The molecule has 3 N–H and O–H groups in total. The number of hydrogen-bond donors (Lipinski definition) is 3. The van der Waals surface area contributed by atoms with Gasteiger partial charge in [-0.25, -0.2) is 0 Å². The molecule has 2 saturated carbocycles. The fourth-order valence-electron chi connectivity index (χ4n) is 6.49. The van der Waals surface area contributed by atoms with E-state index in [1.165, 1.54) is 12.8 Å². The Kier molecular flexibility index (Phi) is 6.51. The first-order valence-corrected chi connectivity index (χ1v) is 13.1. The highest BCUT2D eigenvalue weighted by Crippen LogP contribution is 2.42. The third-order valence-corrected chi connectivity index (χ3v) is 9.70. The maximum Gasteiger partial charge on any atom is 0.226 e. The van der Waals surface area contributed by atoms with Gasteiger partial charge in [-0.15, -0.1) is 11.8 Å². The molecule has 1 amide bonds. The molecule has 5 rings (SSSR count). The largest absolute Gasteiger partial charge is 0.381 e. The molecule has 0 radical (unpaired) electrons. The highest BCUT2D eigenvalue weighted by molar-refractivity contribution is 8.00. The van der Waals surface area contributed by atoms with Crippen molar-refractivity contribution in [2.24, 2.45) is 23.7 Å². The molecule has 3 saturated heterocycles. The molecular formula is C23H37N5O2S. The molecule has 9 atom stereocenters. The summed E-state index contributed by atoms with van der Waals surface area (Å²) in [4.78, 5) is 16.1. The predicted octanol–water partition coefficient (Wildman–Crippen LogP) is 1.51. The lowest BCUT2D eigenvalue weighted by Crippen LogP contribution is -2.55. The zero-order chi connectivity index (χ0) is 21.5. The van der Waals surface area contributed by atoms with Gasteiger partial charge in [0.25, 0.3) is 0 Å². The number of hydrogen-bond acceptors (Lipinski definition) is 7. The second-order valence-corrected chi connectivity index (χ2v) is 11.8. The lowest BCUT2D eigenvalue weighted by Gasteiger charge is -2.44. The molecular weight excluding hydrogens is 410 g/mol. The summed E-state index contributed by atoms with van der Waals surface area (Å²) in [5.74, 6) is 0.712. The number of nitrogens with zero attached hydrogens (tertiary/aromatic N) is 2. The monoisotopic (exact) mass is 447 g/mol. The molecule has 9 unspecified atom stereocenters. The Hall–Kier alpha value is -0.850. The van der Waals surface area contributed by atoms with Crippen LogP contribution in [0, 0.1) is 35.0 Å². The second-order valence-electron chi connectivity index (χ2n) is 10.4. The highest BCUT2D eigenvalue weighted by Gasteiger charge is 2.47. The fraction of sp³-hybridized carbons (Fsp3) is 0.913. The van der Waals surface area contributed by atoms with Gasteiger partial charge in [-0.05, 0) is 57.3 Å². The minimum Gasteiger partial charge on any atom is -0.381 e. The highest BCUT2D eigenvalue weighted by atomic mass is 32.2.